The molecule has 1 aromatic heterocycles. The van der Waals surface area contributed by atoms with Crippen LogP contribution < -0.4 is 4.90 Å². The SMILES string of the molecule is CN(C(=O)c1ccc(Br)o1)c1cccc(O)c1. The molecule has 88 valence electrons. The van der Waals surface area contributed by atoms with Gasteiger partial charge in [0.25, 0.3) is 5.91 Å². The van der Waals surface area contributed by atoms with E-state index < -0.39 is 0 Å². The summed E-state index contributed by atoms with van der Waals surface area (Å²) >= 11 is 3.14. The van der Waals surface area contributed by atoms with Crippen LogP contribution in [0.1, 0.15) is 10.6 Å². The van der Waals surface area contributed by atoms with Gasteiger partial charge >= 0.3 is 0 Å². The van der Waals surface area contributed by atoms with Gasteiger partial charge in [0.05, 0.1) is 0 Å². The van der Waals surface area contributed by atoms with E-state index in [-0.39, 0.29) is 17.4 Å². The number of rotatable bonds is 2. The summed E-state index contributed by atoms with van der Waals surface area (Å²) in [5, 5.41) is 9.35. The van der Waals surface area contributed by atoms with E-state index in [1.54, 1.807) is 37.4 Å². The maximum Gasteiger partial charge on any atom is 0.293 e. The zero-order valence-corrected chi connectivity index (χ0v) is 10.6. The van der Waals surface area contributed by atoms with Gasteiger partial charge in [-0.2, -0.15) is 0 Å². The Morgan fingerprint density at radius 1 is 1.35 bits per heavy atom. The Morgan fingerprint density at radius 3 is 2.71 bits per heavy atom. The number of carbonyl (C=O) groups excluding carboxylic acids is 1. The number of aromatic hydroxyl groups is 1. The third-order valence-electron chi connectivity index (χ3n) is 2.31. The predicted octanol–water partition coefficient (Wildman–Crippen LogP) is 3.02. The van der Waals surface area contributed by atoms with E-state index in [0.717, 1.165) is 0 Å². The highest BCUT2D eigenvalue weighted by molar-refractivity contribution is 9.10. The zero-order chi connectivity index (χ0) is 12.4. The fourth-order valence-electron chi connectivity index (χ4n) is 1.41. The third kappa shape index (κ3) is 2.50. The van der Waals surface area contributed by atoms with Gasteiger partial charge < -0.3 is 14.4 Å². The van der Waals surface area contributed by atoms with Crippen molar-refractivity contribution in [1.29, 1.82) is 0 Å². The van der Waals surface area contributed by atoms with Crippen LogP contribution in [0.5, 0.6) is 5.75 Å². The molecule has 0 radical (unpaired) electrons. The molecule has 1 heterocycles. The molecule has 0 saturated heterocycles. The average molecular weight is 296 g/mol. The molecule has 0 aliphatic rings. The van der Waals surface area contributed by atoms with E-state index >= 15 is 0 Å². The number of phenols is 1. The number of halogens is 1. The summed E-state index contributed by atoms with van der Waals surface area (Å²) in [6.45, 7) is 0. The molecule has 0 aliphatic heterocycles. The van der Waals surface area contributed by atoms with Crippen LogP contribution in [0, 0.1) is 0 Å². The molecule has 1 amide bonds. The first kappa shape index (κ1) is 11.7. The molecule has 0 spiro atoms. The number of amides is 1. The first-order valence-electron chi connectivity index (χ1n) is 4.90. The van der Waals surface area contributed by atoms with E-state index in [0.29, 0.717) is 10.4 Å². The molecule has 0 unspecified atom stereocenters. The number of phenolic OH excluding ortho intramolecular Hbond substituents is 1. The second kappa shape index (κ2) is 4.63. The van der Waals surface area contributed by atoms with Gasteiger partial charge in [-0.3, -0.25) is 4.79 Å². The van der Waals surface area contributed by atoms with Crippen LogP contribution in [-0.2, 0) is 0 Å². The van der Waals surface area contributed by atoms with Crippen LogP contribution in [0.3, 0.4) is 0 Å². The maximum absolute atomic E-state index is 12.0. The smallest absolute Gasteiger partial charge is 0.293 e. The number of nitrogens with zero attached hydrogens (tertiary/aromatic N) is 1. The molecule has 1 N–H and O–H groups in total. The summed E-state index contributed by atoms with van der Waals surface area (Å²) in [6, 6.07) is 9.71. The quantitative estimate of drug-likeness (QED) is 0.926. The number of benzene rings is 1. The molecule has 0 fully saturated rings. The Morgan fingerprint density at radius 2 is 2.12 bits per heavy atom. The first-order valence-corrected chi connectivity index (χ1v) is 5.69. The van der Waals surface area contributed by atoms with Crippen LogP contribution in [0.2, 0.25) is 0 Å². The van der Waals surface area contributed by atoms with Gasteiger partial charge in [-0.15, -0.1) is 0 Å². The van der Waals surface area contributed by atoms with Crippen molar-refractivity contribution in [3.63, 3.8) is 0 Å². The highest BCUT2D eigenvalue weighted by Crippen LogP contribution is 2.22. The Kier molecular flexibility index (Phi) is 3.19. The minimum Gasteiger partial charge on any atom is -0.508 e. The van der Waals surface area contributed by atoms with Crippen LogP contribution in [0.15, 0.2) is 45.5 Å². The summed E-state index contributed by atoms with van der Waals surface area (Å²) in [7, 11) is 1.62. The molecule has 5 heteroatoms. The molecule has 2 rings (SSSR count). The lowest BCUT2D eigenvalue weighted by Gasteiger charge is -2.15. The number of anilines is 1. The highest BCUT2D eigenvalue weighted by Gasteiger charge is 2.17. The molecule has 17 heavy (non-hydrogen) atoms. The van der Waals surface area contributed by atoms with Crippen LogP contribution >= 0.6 is 15.9 Å². The molecule has 0 saturated carbocycles. The molecule has 4 nitrogen and oxygen atoms in total. The van der Waals surface area contributed by atoms with Gasteiger partial charge in [-0.1, -0.05) is 6.07 Å². The van der Waals surface area contributed by atoms with Crippen LogP contribution in [0.25, 0.3) is 0 Å². The van der Waals surface area contributed by atoms with Gasteiger partial charge in [0.2, 0.25) is 0 Å². The molecule has 1 aromatic carbocycles. The van der Waals surface area contributed by atoms with Crippen molar-refractivity contribution < 1.29 is 14.3 Å². The Hall–Kier alpha value is -1.75. The number of hydrogen-bond acceptors (Lipinski definition) is 3. The van der Waals surface area contributed by atoms with Gasteiger partial charge in [0.1, 0.15) is 5.75 Å². The minimum absolute atomic E-state index is 0.114. The Balaban J connectivity index is 2.26. The van der Waals surface area contributed by atoms with E-state index in [1.165, 1.54) is 11.0 Å². The van der Waals surface area contributed by atoms with Crippen molar-refractivity contribution in [2.45, 2.75) is 0 Å². The summed E-state index contributed by atoms with van der Waals surface area (Å²) in [5.41, 5.74) is 0.600. The number of carbonyl (C=O) groups is 1. The van der Waals surface area contributed by atoms with Crippen molar-refractivity contribution >= 4 is 27.5 Å². The zero-order valence-electron chi connectivity index (χ0n) is 9.05. The Bertz CT molecular complexity index is 550. The lowest BCUT2D eigenvalue weighted by molar-refractivity contribution is 0.0965. The van der Waals surface area contributed by atoms with Gasteiger partial charge in [0, 0.05) is 18.8 Å². The van der Waals surface area contributed by atoms with Crippen LogP contribution in [-0.4, -0.2) is 18.1 Å². The first-order chi connectivity index (χ1) is 8.08. The summed E-state index contributed by atoms with van der Waals surface area (Å²) in [4.78, 5) is 13.4. The van der Waals surface area contributed by atoms with E-state index in [9.17, 15) is 9.90 Å². The molecule has 0 aliphatic carbocycles. The molecular weight excluding hydrogens is 286 g/mol. The van der Waals surface area contributed by atoms with Crippen molar-refractivity contribution in [2.75, 3.05) is 11.9 Å². The largest absolute Gasteiger partial charge is 0.508 e. The van der Waals surface area contributed by atoms with E-state index in [1.807, 2.05) is 0 Å². The maximum atomic E-state index is 12.0. The third-order valence-corrected chi connectivity index (χ3v) is 2.73. The van der Waals surface area contributed by atoms with Gasteiger partial charge in [-0.25, -0.2) is 0 Å². The lowest BCUT2D eigenvalue weighted by atomic mass is 10.2. The van der Waals surface area contributed by atoms with Gasteiger partial charge in [0.15, 0.2) is 10.4 Å². The van der Waals surface area contributed by atoms with Crippen molar-refractivity contribution in [2.24, 2.45) is 0 Å². The van der Waals surface area contributed by atoms with Crippen molar-refractivity contribution in [3.8, 4) is 5.75 Å². The summed E-state index contributed by atoms with van der Waals surface area (Å²) in [5.74, 6) is 0.0757. The fourth-order valence-corrected chi connectivity index (χ4v) is 1.72. The average Bonchev–Trinajstić information content (AvgIpc) is 2.74. The topological polar surface area (TPSA) is 53.7 Å². The normalized spacial score (nSPS) is 10.2. The van der Waals surface area contributed by atoms with E-state index in [2.05, 4.69) is 15.9 Å². The number of furan rings is 1. The lowest BCUT2D eigenvalue weighted by Crippen LogP contribution is -2.25. The second-order valence-corrected chi connectivity index (χ2v) is 4.27. The van der Waals surface area contributed by atoms with Crippen LogP contribution in [0.4, 0.5) is 5.69 Å². The molecular formula is C12H10BrNO3. The van der Waals surface area contributed by atoms with Gasteiger partial charge in [-0.05, 0) is 40.2 Å². The van der Waals surface area contributed by atoms with Crippen molar-refractivity contribution in [1.82, 2.24) is 0 Å². The molecule has 0 atom stereocenters. The standard InChI is InChI=1S/C12H10BrNO3/c1-14(8-3-2-4-9(15)7-8)12(16)10-5-6-11(13)17-10/h2-7,15H,1H3. The number of hydrogen-bond donors (Lipinski definition) is 1. The highest BCUT2D eigenvalue weighted by atomic mass is 79.9. The Labute approximate surface area is 107 Å². The monoisotopic (exact) mass is 295 g/mol. The second-order valence-electron chi connectivity index (χ2n) is 3.49. The fraction of sp³-hybridized carbons (Fsp3) is 0.0833. The van der Waals surface area contributed by atoms with E-state index in [4.69, 9.17) is 4.42 Å². The molecule has 2 aromatic rings. The predicted molar refractivity (Wildman–Crippen MR) is 67.2 cm³/mol. The summed E-state index contributed by atoms with van der Waals surface area (Å²) in [6.07, 6.45) is 0. The summed E-state index contributed by atoms with van der Waals surface area (Å²) < 4.78 is 5.69. The minimum atomic E-state index is -0.277. The van der Waals surface area contributed by atoms with Crippen molar-refractivity contribution in [3.05, 3.63) is 46.8 Å². The molecule has 0 bridgehead atoms.